The average molecular weight is 347 g/mol. The second-order valence-corrected chi connectivity index (χ2v) is 7.51. The van der Waals surface area contributed by atoms with Gasteiger partial charge in [0.1, 0.15) is 0 Å². The highest BCUT2D eigenvalue weighted by Crippen LogP contribution is 2.35. The van der Waals surface area contributed by atoms with E-state index in [2.05, 4.69) is 4.90 Å². The van der Waals surface area contributed by atoms with E-state index in [0.717, 1.165) is 16.8 Å². The van der Waals surface area contributed by atoms with Crippen molar-refractivity contribution in [1.82, 2.24) is 0 Å². The summed E-state index contributed by atoms with van der Waals surface area (Å²) in [5.74, 6) is 0. The highest BCUT2D eigenvalue weighted by molar-refractivity contribution is 7.89. The zero-order valence-corrected chi connectivity index (χ0v) is 13.9. The van der Waals surface area contributed by atoms with Crippen molar-refractivity contribution < 1.29 is 13.3 Å². The summed E-state index contributed by atoms with van der Waals surface area (Å²) in [6.07, 6.45) is 0.702. The Balaban J connectivity index is 1.92. The van der Waals surface area contributed by atoms with Gasteiger partial charge in [-0.1, -0.05) is 12.1 Å². The maximum absolute atomic E-state index is 11.5. The number of nitrogens with zero attached hydrogens (tertiary/aromatic N) is 2. The number of nitro benzene ring substituents is 1. The Morgan fingerprint density at radius 1 is 1.29 bits per heavy atom. The van der Waals surface area contributed by atoms with E-state index in [1.165, 1.54) is 12.1 Å². The second kappa shape index (κ2) is 5.88. The van der Waals surface area contributed by atoms with Gasteiger partial charge in [-0.25, -0.2) is 13.6 Å². The molecule has 0 aromatic heterocycles. The van der Waals surface area contributed by atoms with Gasteiger partial charge in [0.2, 0.25) is 10.0 Å². The van der Waals surface area contributed by atoms with Crippen molar-refractivity contribution in [2.75, 3.05) is 4.90 Å². The van der Waals surface area contributed by atoms with Gasteiger partial charge in [0.25, 0.3) is 5.69 Å². The minimum atomic E-state index is -3.73. The number of benzene rings is 2. The number of anilines is 1. The molecule has 2 aromatic carbocycles. The molecule has 3 rings (SSSR count). The zero-order chi connectivity index (χ0) is 17.5. The van der Waals surface area contributed by atoms with Crippen LogP contribution in [0.4, 0.5) is 11.4 Å². The molecule has 1 heterocycles. The number of hydrogen-bond donors (Lipinski definition) is 1. The zero-order valence-electron chi connectivity index (χ0n) is 13.0. The second-order valence-electron chi connectivity index (χ2n) is 5.94. The van der Waals surface area contributed by atoms with Crippen molar-refractivity contribution in [2.24, 2.45) is 5.14 Å². The van der Waals surface area contributed by atoms with Crippen LogP contribution in [0.2, 0.25) is 0 Å². The van der Waals surface area contributed by atoms with E-state index in [0.29, 0.717) is 13.0 Å². The fourth-order valence-electron chi connectivity index (χ4n) is 3.05. The molecule has 126 valence electrons. The predicted octanol–water partition coefficient (Wildman–Crippen LogP) is 2.19. The molecule has 2 aromatic rings. The van der Waals surface area contributed by atoms with E-state index >= 15 is 0 Å². The molecule has 1 aliphatic rings. The van der Waals surface area contributed by atoms with Gasteiger partial charge in [-0.15, -0.1) is 0 Å². The topological polar surface area (TPSA) is 107 Å². The first-order valence-electron chi connectivity index (χ1n) is 7.41. The van der Waals surface area contributed by atoms with Gasteiger partial charge in [-0.3, -0.25) is 10.1 Å². The van der Waals surface area contributed by atoms with Crippen LogP contribution in [0.1, 0.15) is 18.1 Å². The van der Waals surface area contributed by atoms with Crippen LogP contribution in [0.3, 0.4) is 0 Å². The van der Waals surface area contributed by atoms with E-state index in [1.807, 2.05) is 13.0 Å². The monoisotopic (exact) mass is 347 g/mol. The van der Waals surface area contributed by atoms with Gasteiger partial charge in [-0.2, -0.15) is 0 Å². The maximum Gasteiger partial charge on any atom is 0.269 e. The van der Waals surface area contributed by atoms with Gasteiger partial charge >= 0.3 is 0 Å². The van der Waals surface area contributed by atoms with Gasteiger partial charge in [-0.05, 0) is 42.7 Å². The summed E-state index contributed by atoms with van der Waals surface area (Å²) in [5, 5.41) is 16.1. The molecule has 7 nitrogen and oxygen atoms in total. The minimum absolute atomic E-state index is 0.0594. The number of primary sulfonamides is 1. The van der Waals surface area contributed by atoms with Crippen LogP contribution >= 0.6 is 0 Å². The quantitative estimate of drug-likeness (QED) is 0.674. The third-order valence-corrected chi connectivity index (χ3v) is 5.12. The van der Waals surface area contributed by atoms with Gasteiger partial charge in [0.05, 0.1) is 9.82 Å². The van der Waals surface area contributed by atoms with Crippen molar-refractivity contribution >= 4 is 21.4 Å². The number of nitrogens with two attached hydrogens (primary N) is 1. The Kier molecular flexibility index (Phi) is 4.02. The first-order chi connectivity index (χ1) is 11.3. The summed E-state index contributed by atoms with van der Waals surface area (Å²) in [7, 11) is -3.73. The molecule has 0 aliphatic carbocycles. The van der Waals surface area contributed by atoms with Crippen molar-refractivity contribution in [3.05, 3.63) is 63.7 Å². The Morgan fingerprint density at radius 3 is 2.71 bits per heavy atom. The molecular weight excluding hydrogens is 330 g/mol. The smallest absolute Gasteiger partial charge is 0.269 e. The van der Waals surface area contributed by atoms with Crippen molar-refractivity contribution in [3.63, 3.8) is 0 Å². The van der Waals surface area contributed by atoms with Crippen molar-refractivity contribution in [3.8, 4) is 0 Å². The summed E-state index contributed by atoms with van der Waals surface area (Å²) in [6.45, 7) is 2.55. The Bertz CT molecular complexity index is 911. The predicted molar refractivity (Wildman–Crippen MR) is 90.3 cm³/mol. The number of hydrogen-bond acceptors (Lipinski definition) is 5. The van der Waals surface area contributed by atoms with Crippen LogP contribution in [-0.4, -0.2) is 19.4 Å². The summed E-state index contributed by atoms with van der Waals surface area (Å²) in [6, 6.07) is 11.5. The molecule has 0 spiro atoms. The fourth-order valence-corrected chi connectivity index (χ4v) is 3.62. The molecule has 1 atom stereocenters. The van der Waals surface area contributed by atoms with Crippen LogP contribution in [0, 0.1) is 10.1 Å². The van der Waals surface area contributed by atoms with E-state index in [9.17, 15) is 18.5 Å². The van der Waals surface area contributed by atoms with Crippen molar-refractivity contribution in [1.29, 1.82) is 0 Å². The van der Waals surface area contributed by atoms with E-state index in [1.54, 1.807) is 24.3 Å². The van der Waals surface area contributed by atoms with Gasteiger partial charge < -0.3 is 4.90 Å². The lowest BCUT2D eigenvalue weighted by Gasteiger charge is -2.25. The summed E-state index contributed by atoms with van der Waals surface area (Å²) < 4.78 is 23.0. The Hall–Kier alpha value is -2.45. The average Bonchev–Trinajstić information content (AvgIpc) is 2.82. The summed E-state index contributed by atoms with van der Waals surface area (Å²) in [5.41, 5.74) is 2.74. The number of non-ortho nitro benzene ring substituents is 1. The molecule has 1 aliphatic heterocycles. The number of sulfonamides is 1. The van der Waals surface area contributed by atoms with E-state index in [-0.39, 0.29) is 16.6 Å². The molecule has 0 unspecified atom stereocenters. The minimum Gasteiger partial charge on any atom is -0.364 e. The third-order valence-electron chi connectivity index (χ3n) is 4.21. The lowest BCUT2D eigenvalue weighted by molar-refractivity contribution is -0.384. The van der Waals surface area contributed by atoms with Gasteiger partial charge in [0.15, 0.2) is 0 Å². The maximum atomic E-state index is 11.5. The van der Waals surface area contributed by atoms with E-state index in [4.69, 9.17) is 5.14 Å². The lowest BCUT2D eigenvalue weighted by Crippen LogP contribution is -2.28. The first-order valence-corrected chi connectivity index (χ1v) is 8.96. The molecule has 0 bridgehead atoms. The number of fused-ring (bicyclic) bond motifs is 1. The largest absolute Gasteiger partial charge is 0.364 e. The van der Waals surface area contributed by atoms with Crippen LogP contribution in [-0.2, 0) is 23.0 Å². The van der Waals surface area contributed by atoms with Crippen LogP contribution < -0.4 is 10.0 Å². The molecule has 24 heavy (non-hydrogen) atoms. The molecule has 0 saturated heterocycles. The lowest BCUT2D eigenvalue weighted by atomic mass is 10.1. The normalized spacial score (nSPS) is 16.9. The highest BCUT2D eigenvalue weighted by atomic mass is 32.2. The molecule has 0 saturated carbocycles. The highest BCUT2D eigenvalue weighted by Gasteiger charge is 2.27. The molecule has 0 fully saturated rings. The van der Waals surface area contributed by atoms with Crippen molar-refractivity contribution in [2.45, 2.75) is 30.8 Å². The summed E-state index contributed by atoms with van der Waals surface area (Å²) in [4.78, 5) is 12.7. The molecule has 0 amide bonds. The Morgan fingerprint density at radius 2 is 2.04 bits per heavy atom. The SMILES string of the molecule is C[C@@H]1Cc2cc(S(N)(=O)=O)ccc2N1Cc1cccc([N+](=O)[O-])c1. The molecular formula is C16H17N3O4S. The first kappa shape index (κ1) is 16.4. The molecule has 8 heteroatoms. The van der Waals surface area contributed by atoms with Crippen LogP contribution in [0.25, 0.3) is 0 Å². The standard InChI is InChI=1S/C16H17N3O4S/c1-11-7-13-9-15(24(17,22)23)5-6-16(13)18(11)10-12-3-2-4-14(8-12)19(20)21/h2-6,8-9,11H,7,10H2,1H3,(H2,17,22,23)/t11-/m1/s1. The van der Waals surface area contributed by atoms with Crippen LogP contribution in [0.5, 0.6) is 0 Å². The number of rotatable bonds is 4. The summed E-state index contributed by atoms with van der Waals surface area (Å²) >= 11 is 0. The van der Waals surface area contributed by atoms with Crippen LogP contribution in [0.15, 0.2) is 47.4 Å². The van der Waals surface area contributed by atoms with Gasteiger partial charge in [0, 0.05) is 30.4 Å². The third kappa shape index (κ3) is 3.10. The Labute approximate surface area is 139 Å². The molecule has 0 radical (unpaired) electrons. The number of nitro groups is 1. The van der Waals surface area contributed by atoms with E-state index < -0.39 is 14.9 Å². The fraction of sp³-hybridized carbons (Fsp3) is 0.250. The molecule has 2 N–H and O–H groups in total.